The molecule has 128 valence electrons. The highest BCUT2D eigenvalue weighted by Crippen LogP contribution is 2.28. The van der Waals surface area contributed by atoms with Crippen molar-refractivity contribution in [2.24, 2.45) is 0 Å². The van der Waals surface area contributed by atoms with E-state index in [0.717, 1.165) is 11.1 Å². The minimum atomic E-state index is 0.171. The second-order valence-electron chi connectivity index (χ2n) is 6.02. The summed E-state index contributed by atoms with van der Waals surface area (Å²) in [5.41, 5.74) is 3.40. The largest absolute Gasteiger partial charge is 0.298 e. The molecule has 0 bridgehead atoms. The molecule has 4 rings (SSSR count). The molecule has 0 aliphatic heterocycles. The van der Waals surface area contributed by atoms with E-state index >= 15 is 0 Å². The van der Waals surface area contributed by atoms with Crippen molar-refractivity contribution < 1.29 is 4.79 Å². The van der Waals surface area contributed by atoms with Crippen LogP contribution in [-0.4, -0.2) is 26.7 Å². The first-order valence-corrected chi connectivity index (χ1v) is 9.35. The molecule has 1 heterocycles. The highest BCUT2D eigenvalue weighted by Gasteiger charge is 2.08. The number of Topliss-reactive ketones (excluding diaryl/α,β-unsaturated/α-hetero) is 1. The third-order valence-corrected chi connectivity index (χ3v) is 5.16. The number of fused-ring (bicyclic) bond motifs is 1. The van der Waals surface area contributed by atoms with Gasteiger partial charge in [-0.2, -0.15) is 5.10 Å². The van der Waals surface area contributed by atoms with Crippen LogP contribution in [0.25, 0.3) is 21.9 Å². The van der Waals surface area contributed by atoms with E-state index in [2.05, 4.69) is 69.8 Å². The summed E-state index contributed by atoms with van der Waals surface area (Å²) in [6, 6.07) is 23.0. The molecule has 0 fully saturated rings. The van der Waals surface area contributed by atoms with Gasteiger partial charge in [0.15, 0.2) is 5.16 Å². The molecule has 0 saturated carbocycles. The lowest BCUT2D eigenvalue weighted by Gasteiger charge is -2.08. The second-order valence-corrected chi connectivity index (χ2v) is 6.98. The number of benzene rings is 3. The van der Waals surface area contributed by atoms with Crippen molar-refractivity contribution >= 4 is 28.3 Å². The van der Waals surface area contributed by atoms with Gasteiger partial charge in [-0.3, -0.25) is 9.89 Å². The van der Waals surface area contributed by atoms with Crippen LogP contribution in [0.2, 0.25) is 0 Å². The molecule has 3 aromatic carbocycles. The predicted octanol–water partition coefficient (Wildman–Crippen LogP) is 4.53. The third kappa shape index (κ3) is 3.68. The molecule has 0 aliphatic rings. The molecule has 1 N–H and O–H groups in total. The van der Waals surface area contributed by atoms with Crippen molar-refractivity contribution in [2.45, 2.75) is 11.6 Å². The molecule has 0 radical (unpaired) electrons. The van der Waals surface area contributed by atoms with Gasteiger partial charge in [0.05, 0.1) is 5.75 Å². The van der Waals surface area contributed by atoms with Crippen LogP contribution in [0.4, 0.5) is 0 Å². The summed E-state index contributed by atoms with van der Waals surface area (Å²) < 4.78 is 0. The number of hydrogen-bond donors (Lipinski definition) is 1. The van der Waals surface area contributed by atoms with Gasteiger partial charge in [-0.25, -0.2) is 4.98 Å². The van der Waals surface area contributed by atoms with Gasteiger partial charge < -0.3 is 0 Å². The molecular formula is C21H17N3OS. The SMILES string of the molecule is O=C(CSc1ncn[nH]1)Cc1ccc(-c2cccc3ccccc23)cc1. The zero-order valence-electron chi connectivity index (χ0n) is 14.1. The summed E-state index contributed by atoms with van der Waals surface area (Å²) in [5.74, 6) is 0.560. The molecule has 0 saturated heterocycles. The Balaban J connectivity index is 1.47. The Labute approximate surface area is 155 Å². The highest BCUT2D eigenvalue weighted by atomic mass is 32.2. The van der Waals surface area contributed by atoms with Crippen LogP contribution in [0.15, 0.2) is 78.2 Å². The van der Waals surface area contributed by atoms with Gasteiger partial charge in [-0.05, 0) is 27.5 Å². The number of aromatic nitrogens is 3. The van der Waals surface area contributed by atoms with Crippen LogP contribution in [0.5, 0.6) is 0 Å². The Morgan fingerprint density at radius 1 is 0.962 bits per heavy atom. The fraction of sp³-hybridized carbons (Fsp3) is 0.0952. The van der Waals surface area contributed by atoms with Gasteiger partial charge in [-0.1, -0.05) is 78.5 Å². The molecule has 0 atom stereocenters. The van der Waals surface area contributed by atoms with Gasteiger partial charge in [0, 0.05) is 6.42 Å². The van der Waals surface area contributed by atoms with Crippen molar-refractivity contribution in [3.05, 3.63) is 78.6 Å². The van der Waals surface area contributed by atoms with Crippen molar-refractivity contribution in [1.29, 1.82) is 0 Å². The number of aromatic amines is 1. The van der Waals surface area contributed by atoms with E-state index in [0.29, 0.717) is 17.3 Å². The Bertz CT molecular complexity index is 1020. The highest BCUT2D eigenvalue weighted by molar-refractivity contribution is 7.99. The van der Waals surface area contributed by atoms with Crippen LogP contribution in [0, 0.1) is 0 Å². The first kappa shape index (κ1) is 16.5. The molecule has 4 nitrogen and oxygen atoms in total. The maximum Gasteiger partial charge on any atom is 0.183 e. The van der Waals surface area contributed by atoms with Crippen LogP contribution in [0.1, 0.15) is 5.56 Å². The third-order valence-electron chi connectivity index (χ3n) is 4.22. The summed E-state index contributed by atoms with van der Waals surface area (Å²) in [6.45, 7) is 0. The van der Waals surface area contributed by atoms with E-state index in [1.54, 1.807) is 0 Å². The maximum absolute atomic E-state index is 12.2. The van der Waals surface area contributed by atoms with E-state index in [1.165, 1.54) is 34.4 Å². The van der Waals surface area contributed by atoms with Gasteiger partial charge in [0.25, 0.3) is 0 Å². The lowest BCUT2D eigenvalue weighted by atomic mass is 9.97. The second kappa shape index (κ2) is 7.54. The molecule has 5 heteroatoms. The van der Waals surface area contributed by atoms with E-state index in [4.69, 9.17) is 0 Å². The molecule has 0 spiro atoms. The number of nitrogens with zero attached hydrogens (tertiary/aromatic N) is 2. The van der Waals surface area contributed by atoms with Crippen molar-refractivity contribution in [3.63, 3.8) is 0 Å². The zero-order chi connectivity index (χ0) is 17.8. The minimum absolute atomic E-state index is 0.171. The molecule has 26 heavy (non-hydrogen) atoms. The molecule has 0 amide bonds. The van der Waals surface area contributed by atoms with Crippen LogP contribution < -0.4 is 0 Å². The Morgan fingerprint density at radius 3 is 2.58 bits per heavy atom. The number of nitrogens with one attached hydrogen (secondary N) is 1. The molecule has 0 aliphatic carbocycles. The van der Waals surface area contributed by atoms with E-state index in [9.17, 15) is 4.79 Å². The van der Waals surface area contributed by atoms with Gasteiger partial charge in [0.2, 0.25) is 0 Å². The van der Waals surface area contributed by atoms with Gasteiger partial charge >= 0.3 is 0 Å². The van der Waals surface area contributed by atoms with Gasteiger partial charge in [0.1, 0.15) is 12.1 Å². The summed E-state index contributed by atoms with van der Waals surface area (Å²) in [5, 5.41) is 9.66. The lowest BCUT2D eigenvalue weighted by molar-refractivity contribution is -0.116. The van der Waals surface area contributed by atoms with E-state index < -0.39 is 0 Å². The van der Waals surface area contributed by atoms with Crippen LogP contribution in [-0.2, 0) is 11.2 Å². The average Bonchev–Trinajstić information content (AvgIpc) is 3.20. The van der Waals surface area contributed by atoms with Crippen molar-refractivity contribution in [3.8, 4) is 11.1 Å². The quantitative estimate of drug-likeness (QED) is 0.514. The minimum Gasteiger partial charge on any atom is -0.298 e. The summed E-state index contributed by atoms with van der Waals surface area (Å²) in [7, 11) is 0. The Hall–Kier alpha value is -2.92. The number of thioether (sulfide) groups is 1. The first-order valence-electron chi connectivity index (χ1n) is 8.36. The Morgan fingerprint density at radius 2 is 1.77 bits per heavy atom. The Kier molecular flexibility index (Phi) is 4.80. The van der Waals surface area contributed by atoms with Crippen LogP contribution in [0.3, 0.4) is 0 Å². The normalized spacial score (nSPS) is 10.9. The first-order chi connectivity index (χ1) is 12.8. The fourth-order valence-electron chi connectivity index (χ4n) is 2.97. The molecular weight excluding hydrogens is 342 g/mol. The smallest absolute Gasteiger partial charge is 0.183 e. The lowest BCUT2D eigenvalue weighted by Crippen LogP contribution is -2.05. The number of H-pyrrole nitrogens is 1. The topological polar surface area (TPSA) is 58.6 Å². The molecule has 1 aromatic heterocycles. The zero-order valence-corrected chi connectivity index (χ0v) is 14.9. The summed E-state index contributed by atoms with van der Waals surface area (Å²) >= 11 is 1.38. The number of carbonyl (C=O) groups is 1. The average molecular weight is 359 g/mol. The monoisotopic (exact) mass is 359 g/mol. The number of ketones is 1. The number of hydrogen-bond acceptors (Lipinski definition) is 4. The number of rotatable bonds is 6. The fourth-order valence-corrected chi connectivity index (χ4v) is 3.61. The standard InChI is InChI=1S/C21H17N3OS/c25-18(13-26-21-22-14-23-24-21)12-15-8-10-17(11-9-15)20-7-3-5-16-4-1-2-6-19(16)20/h1-11,14H,12-13H2,(H,22,23,24). The summed E-state index contributed by atoms with van der Waals surface area (Å²) in [6.07, 6.45) is 1.87. The van der Waals surface area contributed by atoms with Crippen molar-refractivity contribution in [2.75, 3.05) is 5.75 Å². The van der Waals surface area contributed by atoms with E-state index in [-0.39, 0.29) is 5.78 Å². The van der Waals surface area contributed by atoms with Crippen LogP contribution >= 0.6 is 11.8 Å². The predicted molar refractivity (Wildman–Crippen MR) is 105 cm³/mol. The number of carbonyl (C=O) groups excluding carboxylic acids is 1. The van der Waals surface area contributed by atoms with E-state index in [1.807, 2.05) is 12.1 Å². The molecule has 0 unspecified atom stereocenters. The summed E-state index contributed by atoms with van der Waals surface area (Å²) in [4.78, 5) is 16.2. The maximum atomic E-state index is 12.2. The van der Waals surface area contributed by atoms with Gasteiger partial charge in [-0.15, -0.1) is 0 Å². The van der Waals surface area contributed by atoms with Crippen molar-refractivity contribution in [1.82, 2.24) is 15.2 Å². The molecule has 4 aromatic rings.